The van der Waals surface area contributed by atoms with E-state index in [-0.39, 0.29) is 17.3 Å². The molecular weight excluding hydrogens is 364 g/mol. The van der Waals surface area contributed by atoms with Crippen molar-refractivity contribution in [1.29, 1.82) is 0 Å². The molecule has 3 aromatic carbocycles. The molecule has 0 saturated carbocycles. The molecule has 0 heterocycles. The maximum Gasteiger partial charge on any atom is 0.159 e. The minimum absolute atomic E-state index is 0.0586. The highest BCUT2D eigenvalue weighted by molar-refractivity contribution is 5.95. The normalized spacial score (nSPS) is 11.2. The maximum atomic E-state index is 11.9. The SMILES string of the molecule is CC(=O)c1ccc(C(O)(c2ccc(C(C)=O)cc2)c2ccc(C(C)=O)cc2)cc1. The van der Waals surface area contributed by atoms with Gasteiger partial charge in [-0.15, -0.1) is 0 Å². The third kappa shape index (κ3) is 3.93. The molecular formula is C25H22O4. The number of rotatable bonds is 6. The fourth-order valence-corrected chi connectivity index (χ4v) is 3.34. The molecule has 0 saturated heterocycles. The summed E-state index contributed by atoms with van der Waals surface area (Å²) < 4.78 is 0. The lowest BCUT2D eigenvalue weighted by atomic mass is 9.79. The first-order valence-electron chi connectivity index (χ1n) is 9.30. The number of carbonyl (C=O) groups is 3. The summed E-state index contributed by atoms with van der Waals surface area (Å²) in [5, 5.41) is 11.9. The fourth-order valence-electron chi connectivity index (χ4n) is 3.34. The van der Waals surface area contributed by atoms with Crippen LogP contribution < -0.4 is 0 Å². The highest BCUT2D eigenvalue weighted by atomic mass is 16.3. The van der Waals surface area contributed by atoms with Crippen molar-refractivity contribution in [3.63, 3.8) is 0 Å². The summed E-state index contributed by atoms with van der Waals surface area (Å²) in [6, 6.07) is 20.4. The lowest BCUT2D eigenvalue weighted by Crippen LogP contribution is -2.29. The van der Waals surface area contributed by atoms with E-state index in [1.165, 1.54) is 20.8 Å². The molecule has 0 atom stereocenters. The third-order valence-electron chi connectivity index (χ3n) is 5.13. The van der Waals surface area contributed by atoms with Crippen LogP contribution in [0.25, 0.3) is 0 Å². The van der Waals surface area contributed by atoms with E-state index in [4.69, 9.17) is 0 Å². The molecule has 0 spiro atoms. The van der Waals surface area contributed by atoms with Gasteiger partial charge in [0.1, 0.15) is 5.60 Å². The molecule has 0 radical (unpaired) electrons. The van der Waals surface area contributed by atoms with Gasteiger partial charge in [-0.05, 0) is 37.5 Å². The molecule has 29 heavy (non-hydrogen) atoms. The quantitative estimate of drug-likeness (QED) is 0.497. The first kappa shape index (κ1) is 20.4. The van der Waals surface area contributed by atoms with Crippen molar-refractivity contribution in [1.82, 2.24) is 0 Å². The molecule has 4 nitrogen and oxygen atoms in total. The Bertz CT molecular complexity index is 920. The van der Waals surface area contributed by atoms with Crippen molar-refractivity contribution >= 4 is 17.3 Å². The van der Waals surface area contributed by atoms with Crippen LogP contribution >= 0.6 is 0 Å². The number of benzene rings is 3. The minimum Gasteiger partial charge on any atom is -0.376 e. The summed E-state index contributed by atoms with van der Waals surface area (Å²) in [5.41, 5.74) is 1.87. The van der Waals surface area contributed by atoms with Crippen LogP contribution in [0.3, 0.4) is 0 Å². The van der Waals surface area contributed by atoms with E-state index in [0.29, 0.717) is 33.4 Å². The Morgan fingerprint density at radius 1 is 0.517 bits per heavy atom. The topological polar surface area (TPSA) is 71.4 Å². The molecule has 0 unspecified atom stereocenters. The monoisotopic (exact) mass is 386 g/mol. The summed E-state index contributed by atoms with van der Waals surface area (Å²) in [6.45, 7) is 4.46. The molecule has 0 aromatic heterocycles. The van der Waals surface area contributed by atoms with Crippen LogP contribution in [-0.2, 0) is 5.60 Å². The van der Waals surface area contributed by atoms with E-state index in [2.05, 4.69) is 0 Å². The van der Waals surface area contributed by atoms with Gasteiger partial charge in [-0.1, -0.05) is 72.8 Å². The van der Waals surface area contributed by atoms with Crippen molar-refractivity contribution < 1.29 is 19.5 Å². The highest BCUT2D eigenvalue weighted by Crippen LogP contribution is 2.37. The number of ketones is 3. The predicted octanol–water partition coefficient (Wildman–Crippen LogP) is 4.58. The Kier molecular flexibility index (Phi) is 5.57. The fraction of sp³-hybridized carbons (Fsp3) is 0.160. The molecule has 0 aliphatic rings. The number of carbonyl (C=O) groups excluding carboxylic acids is 3. The summed E-state index contributed by atoms with van der Waals surface area (Å²) in [6.07, 6.45) is 0. The first-order chi connectivity index (χ1) is 13.7. The van der Waals surface area contributed by atoms with Gasteiger partial charge in [0.05, 0.1) is 0 Å². The zero-order valence-corrected chi connectivity index (χ0v) is 16.6. The zero-order chi connectivity index (χ0) is 21.2. The molecule has 0 amide bonds. The van der Waals surface area contributed by atoms with E-state index < -0.39 is 5.60 Å². The van der Waals surface area contributed by atoms with Crippen LogP contribution in [0.2, 0.25) is 0 Å². The lowest BCUT2D eigenvalue weighted by Gasteiger charge is -2.30. The molecule has 4 heteroatoms. The van der Waals surface area contributed by atoms with Gasteiger partial charge in [0.25, 0.3) is 0 Å². The van der Waals surface area contributed by atoms with E-state index in [0.717, 1.165) is 0 Å². The summed E-state index contributed by atoms with van der Waals surface area (Å²) in [5.74, 6) is -0.176. The standard InChI is InChI=1S/C25H22O4/c1-16(26)19-4-10-22(11-5-19)25(29,23-12-6-20(7-13-23)17(2)27)24-14-8-21(9-15-24)18(3)28/h4-15,29H,1-3H3. The van der Waals surface area contributed by atoms with Gasteiger partial charge in [0.15, 0.2) is 17.3 Å². The molecule has 1 N–H and O–H groups in total. The second-order valence-corrected chi connectivity index (χ2v) is 7.11. The van der Waals surface area contributed by atoms with Crippen molar-refractivity contribution in [2.75, 3.05) is 0 Å². The Morgan fingerprint density at radius 3 is 0.897 bits per heavy atom. The van der Waals surface area contributed by atoms with Gasteiger partial charge in [-0.25, -0.2) is 0 Å². The molecule has 0 bridgehead atoms. The van der Waals surface area contributed by atoms with Gasteiger partial charge < -0.3 is 5.11 Å². The van der Waals surface area contributed by atoms with Crippen molar-refractivity contribution in [2.24, 2.45) is 0 Å². The van der Waals surface area contributed by atoms with Crippen LogP contribution in [0.4, 0.5) is 0 Å². The van der Waals surface area contributed by atoms with Crippen LogP contribution in [-0.4, -0.2) is 22.5 Å². The van der Waals surface area contributed by atoms with E-state index in [9.17, 15) is 19.5 Å². The molecule has 0 fully saturated rings. The second-order valence-electron chi connectivity index (χ2n) is 7.11. The second kappa shape index (κ2) is 7.94. The average Bonchev–Trinajstić information content (AvgIpc) is 2.73. The molecule has 3 rings (SSSR count). The molecule has 3 aromatic rings. The van der Waals surface area contributed by atoms with E-state index in [1.807, 2.05) is 0 Å². The van der Waals surface area contributed by atoms with E-state index in [1.54, 1.807) is 72.8 Å². The van der Waals surface area contributed by atoms with Gasteiger partial charge >= 0.3 is 0 Å². The Morgan fingerprint density at radius 2 is 0.724 bits per heavy atom. The molecule has 0 aliphatic heterocycles. The summed E-state index contributed by atoms with van der Waals surface area (Å²) >= 11 is 0. The van der Waals surface area contributed by atoms with Gasteiger partial charge in [0, 0.05) is 16.7 Å². The Labute approximate surface area is 169 Å². The number of hydrogen-bond acceptors (Lipinski definition) is 4. The Balaban J connectivity index is 2.18. The summed E-state index contributed by atoms with van der Waals surface area (Å²) in [7, 11) is 0. The van der Waals surface area contributed by atoms with Crippen LogP contribution in [0, 0.1) is 0 Å². The summed E-state index contributed by atoms with van der Waals surface area (Å²) in [4.78, 5) is 34.9. The highest BCUT2D eigenvalue weighted by Gasteiger charge is 2.34. The first-order valence-corrected chi connectivity index (χ1v) is 9.30. The maximum absolute atomic E-state index is 11.9. The van der Waals surface area contributed by atoms with Crippen molar-refractivity contribution in [3.8, 4) is 0 Å². The van der Waals surface area contributed by atoms with Crippen molar-refractivity contribution in [2.45, 2.75) is 26.4 Å². The van der Waals surface area contributed by atoms with Crippen LogP contribution in [0.15, 0.2) is 72.8 Å². The minimum atomic E-state index is -1.51. The van der Waals surface area contributed by atoms with Crippen molar-refractivity contribution in [3.05, 3.63) is 106 Å². The number of Topliss-reactive ketones (excluding diaryl/α,β-unsaturated/α-hetero) is 3. The van der Waals surface area contributed by atoms with Gasteiger partial charge in [-0.2, -0.15) is 0 Å². The smallest absolute Gasteiger partial charge is 0.159 e. The number of hydrogen-bond donors (Lipinski definition) is 1. The third-order valence-corrected chi connectivity index (χ3v) is 5.13. The number of aliphatic hydroxyl groups is 1. The predicted molar refractivity (Wildman–Crippen MR) is 111 cm³/mol. The zero-order valence-electron chi connectivity index (χ0n) is 16.6. The van der Waals surface area contributed by atoms with Gasteiger partial charge in [-0.3, -0.25) is 14.4 Å². The van der Waals surface area contributed by atoms with E-state index >= 15 is 0 Å². The molecule has 0 aliphatic carbocycles. The Hall–Kier alpha value is -3.37. The van der Waals surface area contributed by atoms with Crippen LogP contribution in [0.1, 0.15) is 68.5 Å². The lowest BCUT2D eigenvalue weighted by molar-refractivity contribution is 0.100. The largest absolute Gasteiger partial charge is 0.376 e. The average molecular weight is 386 g/mol. The molecule has 146 valence electrons. The van der Waals surface area contributed by atoms with Gasteiger partial charge in [0.2, 0.25) is 0 Å². The van der Waals surface area contributed by atoms with Crippen LogP contribution in [0.5, 0.6) is 0 Å².